The molecule has 0 atom stereocenters. The zero-order valence-electron chi connectivity index (χ0n) is 16.1. The van der Waals surface area contributed by atoms with E-state index in [1.165, 1.54) is 18.2 Å². The Balaban J connectivity index is 1.49. The highest BCUT2D eigenvalue weighted by molar-refractivity contribution is 5.95. The van der Waals surface area contributed by atoms with Crippen molar-refractivity contribution in [2.45, 2.75) is 13.5 Å². The second kappa shape index (κ2) is 9.47. The third-order valence-electron chi connectivity index (χ3n) is 4.67. The Morgan fingerprint density at radius 3 is 2.41 bits per heavy atom. The van der Waals surface area contributed by atoms with Crippen LogP contribution in [0.25, 0.3) is 0 Å². The average molecular weight is 403 g/mol. The van der Waals surface area contributed by atoms with E-state index >= 15 is 0 Å². The van der Waals surface area contributed by atoms with Gasteiger partial charge in [0.05, 0.1) is 6.54 Å². The number of amides is 2. The van der Waals surface area contributed by atoms with Gasteiger partial charge in [0.25, 0.3) is 5.91 Å². The molecule has 1 saturated heterocycles. The van der Waals surface area contributed by atoms with Crippen LogP contribution in [0, 0.1) is 6.92 Å². The van der Waals surface area contributed by atoms with E-state index in [9.17, 15) is 18.4 Å². The van der Waals surface area contributed by atoms with Crippen LogP contribution < -0.4 is 10.1 Å². The van der Waals surface area contributed by atoms with Gasteiger partial charge in [-0.2, -0.15) is 8.78 Å². The number of nitrogens with zero attached hydrogens (tertiary/aromatic N) is 2. The van der Waals surface area contributed by atoms with Gasteiger partial charge in [-0.1, -0.05) is 23.8 Å². The van der Waals surface area contributed by atoms with E-state index in [0.29, 0.717) is 31.7 Å². The number of piperazine rings is 1. The van der Waals surface area contributed by atoms with Gasteiger partial charge < -0.3 is 15.0 Å². The summed E-state index contributed by atoms with van der Waals surface area (Å²) in [5.74, 6) is -0.392. The van der Waals surface area contributed by atoms with Crippen molar-refractivity contribution < 1.29 is 23.1 Å². The Kier molecular flexibility index (Phi) is 6.77. The number of ether oxygens (including phenoxy) is 1. The van der Waals surface area contributed by atoms with E-state index in [-0.39, 0.29) is 24.1 Å². The molecule has 2 aromatic rings. The van der Waals surface area contributed by atoms with E-state index < -0.39 is 6.61 Å². The Morgan fingerprint density at radius 1 is 1.07 bits per heavy atom. The molecule has 0 aromatic heterocycles. The third-order valence-corrected chi connectivity index (χ3v) is 4.67. The van der Waals surface area contributed by atoms with Gasteiger partial charge >= 0.3 is 6.61 Å². The molecule has 0 unspecified atom stereocenters. The van der Waals surface area contributed by atoms with Crippen LogP contribution in [0.5, 0.6) is 5.75 Å². The molecule has 1 heterocycles. The molecule has 3 rings (SSSR count). The number of hydrogen-bond acceptors (Lipinski definition) is 4. The number of carbonyl (C=O) groups is 2. The minimum atomic E-state index is -2.94. The highest BCUT2D eigenvalue weighted by atomic mass is 19.3. The quantitative estimate of drug-likeness (QED) is 0.806. The number of alkyl halides is 2. The Morgan fingerprint density at radius 2 is 1.76 bits per heavy atom. The van der Waals surface area contributed by atoms with Crippen molar-refractivity contribution in [3.05, 3.63) is 59.7 Å². The molecule has 0 radical (unpaired) electrons. The highest BCUT2D eigenvalue weighted by Gasteiger charge is 2.23. The van der Waals surface area contributed by atoms with Gasteiger partial charge in [-0.05, 0) is 37.3 Å². The molecule has 29 heavy (non-hydrogen) atoms. The number of halogens is 2. The lowest BCUT2D eigenvalue weighted by Gasteiger charge is -2.34. The van der Waals surface area contributed by atoms with E-state index in [0.717, 1.165) is 11.3 Å². The van der Waals surface area contributed by atoms with Gasteiger partial charge in [0.2, 0.25) is 5.91 Å². The van der Waals surface area contributed by atoms with Crippen LogP contribution in [-0.2, 0) is 4.79 Å². The summed E-state index contributed by atoms with van der Waals surface area (Å²) in [4.78, 5) is 28.5. The Hall–Kier alpha value is -3.00. The fraction of sp³-hybridized carbons (Fsp3) is 0.333. The zero-order chi connectivity index (χ0) is 20.8. The third kappa shape index (κ3) is 5.99. The predicted molar refractivity (Wildman–Crippen MR) is 105 cm³/mol. The van der Waals surface area contributed by atoms with Crippen LogP contribution in [0.3, 0.4) is 0 Å². The summed E-state index contributed by atoms with van der Waals surface area (Å²) in [5, 5.41) is 2.86. The molecular formula is C21H23F2N3O3. The molecular weight excluding hydrogens is 380 g/mol. The summed E-state index contributed by atoms with van der Waals surface area (Å²) in [6.45, 7) is 1.31. The minimum Gasteiger partial charge on any atom is -0.435 e. The van der Waals surface area contributed by atoms with Crippen molar-refractivity contribution in [1.82, 2.24) is 9.80 Å². The standard InChI is InChI=1S/C21H23F2N3O3/c1-15-5-7-17(8-6-15)24-19(27)14-25-9-11-26(12-10-25)20(28)16-3-2-4-18(13-16)29-21(22)23/h2-8,13,21H,9-12,14H2,1H3,(H,24,27). The van der Waals surface area contributed by atoms with E-state index in [1.807, 2.05) is 36.1 Å². The van der Waals surface area contributed by atoms with Gasteiger partial charge in [0, 0.05) is 37.4 Å². The van der Waals surface area contributed by atoms with Gasteiger partial charge in [-0.25, -0.2) is 0 Å². The van der Waals surface area contributed by atoms with E-state index in [4.69, 9.17) is 0 Å². The van der Waals surface area contributed by atoms with Crippen LogP contribution in [0.4, 0.5) is 14.5 Å². The van der Waals surface area contributed by atoms with Crippen molar-refractivity contribution in [3.63, 3.8) is 0 Å². The van der Waals surface area contributed by atoms with Gasteiger partial charge in [0.1, 0.15) is 5.75 Å². The first-order valence-corrected chi connectivity index (χ1v) is 9.34. The van der Waals surface area contributed by atoms with E-state index in [2.05, 4.69) is 10.1 Å². The SMILES string of the molecule is Cc1ccc(NC(=O)CN2CCN(C(=O)c3cccc(OC(F)F)c3)CC2)cc1. The normalized spacial score (nSPS) is 14.7. The summed E-state index contributed by atoms with van der Waals surface area (Å²) >= 11 is 0. The molecule has 1 aliphatic heterocycles. The minimum absolute atomic E-state index is 0.0442. The van der Waals surface area contributed by atoms with Crippen molar-refractivity contribution in [2.75, 3.05) is 38.0 Å². The van der Waals surface area contributed by atoms with Gasteiger partial charge in [-0.15, -0.1) is 0 Å². The maximum atomic E-state index is 12.6. The predicted octanol–water partition coefficient (Wildman–Crippen LogP) is 2.99. The molecule has 0 aliphatic carbocycles. The number of aryl methyl sites for hydroxylation is 1. The number of carbonyl (C=O) groups excluding carboxylic acids is 2. The van der Waals surface area contributed by atoms with Crippen LogP contribution in [0.15, 0.2) is 48.5 Å². The summed E-state index contributed by atoms with van der Waals surface area (Å²) in [5.41, 5.74) is 2.17. The fourth-order valence-corrected chi connectivity index (χ4v) is 3.14. The molecule has 1 N–H and O–H groups in total. The molecule has 0 bridgehead atoms. The zero-order valence-corrected chi connectivity index (χ0v) is 16.1. The smallest absolute Gasteiger partial charge is 0.387 e. The van der Waals surface area contributed by atoms with Gasteiger partial charge in [0.15, 0.2) is 0 Å². The van der Waals surface area contributed by atoms with Crippen molar-refractivity contribution in [3.8, 4) is 5.75 Å². The molecule has 6 nitrogen and oxygen atoms in total. The average Bonchev–Trinajstić information content (AvgIpc) is 2.69. The second-order valence-corrected chi connectivity index (χ2v) is 6.89. The first-order chi connectivity index (χ1) is 13.9. The van der Waals surface area contributed by atoms with E-state index in [1.54, 1.807) is 11.0 Å². The Labute approximate surface area is 168 Å². The lowest BCUT2D eigenvalue weighted by molar-refractivity contribution is -0.117. The summed E-state index contributed by atoms with van der Waals surface area (Å²) in [6, 6.07) is 13.4. The molecule has 154 valence electrons. The molecule has 2 aromatic carbocycles. The lowest BCUT2D eigenvalue weighted by atomic mass is 10.1. The Bertz CT molecular complexity index is 851. The number of benzene rings is 2. The van der Waals surface area contributed by atoms with Crippen LogP contribution in [0.1, 0.15) is 15.9 Å². The van der Waals surface area contributed by atoms with Crippen LogP contribution in [-0.4, -0.2) is 60.9 Å². The highest BCUT2D eigenvalue weighted by Crippen LogP contribution is 2.18. The molecule has 1 aliphatic rings. The molecule has 0 saturated carbocycles. The topological polar surface area (TPSA) is 61.9 Å². The molecule has 8 heteroatoms. The lowest BCUT2D eigenvalue weighted by Crippen LogP contribution is -2.50. The van der Waals surface area contributed by atoms with Gasteiger partial charge in [-0.3, -0.25) is 14.5 Å². The largest absolute Gasteiger partial charge is 0.435 e. The molecule has 1 fully saturated rings. The molecule has 2 amide bonds. The van der Waals surface area contributed by atoms with Crippen molar-refractivity contribution in [1.29, 1.82) is 0 Å². The number of hydrogen-bond donors (Lipinski definition) is 1. The summed E-state index contributed by atoms with van der Waals surface area (Å²) in [6.07, 6.45) is 0. The maximum Gasteiger partial charge on any atom is 0.387 e. The summed E-state index contributed by atoms with van der Waals surface area (Å²) < 4.78 is 29.1. The number of anilines is 1. The fourth-order valence-electron chi connectivity index (χ4n) is 3.14. The van der Waals surface area contributed by atoms with Crippen molar-refractivity contribution >= 4 is 17.5 Å². The second-order valence-electron chi connectivity index (χ2n) is 6.89. The number of nitrogens with one attached hydrogen (secondary N) is 1. The maximum absolute atomic E-state index is 12.6. The van der Waals surface area contributed by atoms with Crippen molar-refractivity contribution in [2.24, 2.45) is 0 Å². The first-order valence-electron chi connectivity index (χ1n) is 9.34. The molecule has 0 spiro atoms. The monoisotopic (exact) mass is 403 g/mol. The van der Waals surface area contributed by atoms with Crippen LogP contribution in [0.2, 0.25) is 0 Å². The summed E-state index contributed by atoms with van der Waals surface area (Å²) in [7, 11) is 0. The van der Waals surface area contributed by atoms with Crippen LogP contribution >= 0.6 is 0 Å². The number of rotatable bonds is 6. The first kappa shape index (κ1) is 20.7.